The van der Waals surface area contributed by atoms with Crippen LogP contribution in [0.1, 0.15) is 11.1 Å². The summed E-state index contributed by atoms with van der Waals surface area (Å²) < 4.78 is 41.2. The Morgan fingerprint density at radius 1 is 1.35 bits per heavy atom. The molecule has 0 atom stereocenters. The Balaban J connectivity index is 3.05. The third kappa shape index (κ3) is 3.94. The van der Waals surface area contributed by atoms with Crippen LogP contribution in [0, 0.1) is 0 Å². The first-order valence-electron chi connectivity index (χ1n) is 4.22. The fourth-order valence-electron chi connectivity index (χ4n) is 1.05. The largest absolute Gasteiger partial charge is 0.417 e. The molecule has 0 N–H and O–H groups in total. The number of hydrogen-bond acceptors (Lipinski definition) is 2. The standard InChI is InChI=1S/C10H5Cl2F3O2/c11-8-3-1-6(2-4-9(16)17-12)5-7(8)10(13,14)15/h1-5H/b4-2+. The molecule has 92 valence electrons. The third-order valence-electron chi connectivity index (χ3n) is 1.78. The van der Waals surface area contributed by atoms with Gasteiger partial charge in [-0.2, -0.15) is 13.2 Å². The van der Waals surface area contributed by atoms with Gasteiger partial charge in [-0.3, -0.25) is 0 Å². The highest BCUT2D eigenvalue weighted by atomic mass is 35.5. The van der Waals surface area contributed by atoms with Crippen LogP contribution in [-0.2, 0) is 15.3 Å². The summed E-state index contributed by atoms with van der Waals surface area (Å²) in [7, 11) is 0. The number of carbonyl (C=O) groups is 1. The molecule has 1 aromatic rings. The van der Waals surface area contributed by atoms with E-state index in [1.165, 1.54) is 6.07 Å². The molecule has 1 rings (SSSR count). The van der Waals surface area contributed by atoms with Gasteiger partial charge in [0.15, 0.2) is 0 Å². The van der Waals surface area contributed by atoms with Crippen molar-refractivity contribution in [2.75, 3.05) is 0 Å². The van der Waals surface area contributed by atoms with Crippen LogP contribution in [0.15, 0.2) is 24.3 Å². The Labute approximate surface area is 105 Å². The molecule has 0 aliphatic heterocycles. The molecule has 17 heavy (non-hydrogen) atoms. The number of alkyl halides is 3. The van der Waals surface area contributed by atoms with E-state index in [-0.39, 0.29) is 5.56 Å². The van der Waals surface area contributed by atoms with Gasteiger partial charge in [0.25, 0.3) is 0 Å². The maximum atomic E-state index is 12.5. The van der Waals surface area contributed by atoms with E-state index in [9.17, 15) is 18.0 Å². The average Bonchev–Trinajstić information content (AvgIpc) is 2.26. The molecule has 0 radical (unpaired) electrons. The summed E-state index contributed by atoms with van der Waals surface area (Å²) in [6.45, 7) is 0. The van der Waals surface area contributed by atoms with Crippen molar-refractivity contribution in [3.8, 4) is 0 Å². The lowest BCUT2D eigenvalue weighted by molar-refractivity contribution is -0.137. The molecule has 1 aromatic carbocycles. The van der Waals surface area contributed by atoms with E-state index in [0.717, 1.165) is 24.3 Å². The van der Waals surface area contributed by atoms with Crippen LogP contribution < -0.4 is 0 Å². The zero-order valence-corrected chi connectivity index (χ0v) is 9.60. The Bertz CT molecular complexity index is 455. The Morgan fingerprint density at radius 2 is 2.00 bits per heavy atom. The van der Waals surface area contributed by atoms with Crippen LogP contribution in [0.3, 0.4) is 0 Å². The Kier molecular flexibility index (Phi) is 4.42. The quantitative estimate of drug-likeness (QED) is 0.766. The van der Waals surface area contributed by atoms with E-state index in [1.807, 2.05) is 0 Å². The van der Waals surface area contributed by atoms with Gasteiger partial charge in [-0.15, -0.1) is 0 Å². The second kappa shape index (κ2) is 5.42. The molecule has 0 aromatic heterocycles. The summed E-state index contributed by atoms with van der Waals surface area (Å²) in [6.07, 6.45) is -2.51. The van der Waals surface area contributed by atoms with Gasteiger partial charge in [0, 0.05) is 6.08 Å². The van der Waals surface area contributed by atoms with E-state index in [2.05, 4.69) is 4.29 Å². The summed E-state index contributed by atoms with van der Waals surface area (Å²) in [5, 5.41) is -0.408. The zero-order chi connectivity index (χ0) is 13.1. The second-order valence-corrected chi connectivity index (χ2v) is 3.53. The molecule has 0 spiro atoms. The second-order valence-electron chi connectivity index (χ2n) is 2.97. The molecular weight excluding hydrogens is 280 g/mol. The van der Waals surface area contributed by atoms with Crippen molar-refractivity contribution in [2.45, 2.75) is 6.18 Å². The van der Waals surface area contributed by atoms with Crippen molar-refractivity contribution in [3.63, 3.8) is 0 Å². The van der Waals surface area contributed by atoms with Crippen molar-refractivity contribution in [2.24, 2.45) is 0 Å². The van der Waals surface area contributed by atoms with Gasteiger partial charge in [-0.05, 0) is 23.8 Å². The van der Waals surface area contributed by atoms with Crippen molar-refractivity contribution in [1.82, 2.24) is 0 Å². The number of hydrogen-bond donors (Lipinski definition) is 0. The normalized spacial score (nSPS) is 11.8. The molecule has 0 saturated heterocycles. The number of halogens is 5. The van der Waals surface area contributed by atoms with Crippen LogP contribution in [0.25, 0.3) is 6.08 Å². The third-order valence-corrected chi connectivity index (χ3v) is 2.27. The molecular formula is C10H5Cl2F3O2. The zero-order valence-electron chi connectivity index (χ0n) is 8.09. The van der Waals surface area contributed by atoms with Crippen LogP contribution >= 0.6 is 23.5 Å². The summed E-state index contributed by atoms with van der Waals surface area (Å²) in [5.74, 6) is -0.879. The fraction of sp³-hybridized carbons (Fsp3) is 0.100. The molecule has 0 amide bonds. The Morgan fingerprint density at radius 3 is 2.53 bits per heavy atom. The highest BCUT2D eigenvalue weighted by Gasteiger charge is 2.33. The molecule has 0 fully saturated rings. The first-order chi connectivity index (χ1) is 7.84. The minimum atomic E-state index is -4.55. The van der Waals surface area contributed by atoms with Gasteiger partial charge in [0.05, 0.1) is 10.6 Å². The number of carbonyl (C=O) groups excluding carboxylic acids is 1. The topological polar surface area (TPSA) is 26.3 Å². The predicted molar refractivity (Wildman–Crippen MR) is 57.4 cm³/mol. The highest BCUT2D eigenvalue weighted by Crippen LogP contribution is 2.35. The van der Waals surface area contributed by atoms with E-state index in [4.69, 9.17) is 23.5 Å². The highest BCUT2D eigenvalue weighted by molar-refractivity contribution is 6.31. The summed E-state index contributed by atoms with van der Waals surface area (Å²) in [4.78, 5) is 10.6. The van der Waals surface area contributed by atoms with Gasteiger partial charge < -0.3 is 4.29 Å². The van der Waals surface area contributed by atoms with Crippen LogP contribution in [0.5, 0.6) is 0 Å². The lowest BCUT2D eigenvalue weighted by atomic mass is 10.1. The first kappa shape index (κ1) is 13.9. The van der Waals surface area contributed by atoms with Gasteiger partial charge in [0.2, 0.25) is 0 Å². The van der Waals surface area contributed by atoms with E-state index in [1.54, 1.807) is 0 Å². The molecule has 0 saturated carbocycles. The average molecular weight is 285 g/mol. The lowest BCUT2D eigenvalue weighted by Gasteiger charge is -2.09. The molecule has 0 aliphatic rings. The van der Waals surface area contributed by atoms with Crippen molar-refractivity contribution < 1.29 is 22.3 Å². The van der Waals surface area contributed by atoms with Crippen LogP contribution in [-0.4, -0.2) is 5.97 Å². The molecule has 0 aliphatic carbocycles. The Hall–Kier alpha value is -1.20. The van der Waals surface area contributed by atoms with Gasteiger partial charge >= 0.3 is 12.1 Å². The fourth-order valence-corrected chi connectivity index (χ4v) is 1.33. The van der Waals surface area contributed by atoms with E-state index in [0.29, 0.717) is 0 Å². The maximum absolute atomic E-state index is 12.5. The monoisotopic (exact) mass is 284 g/mol. The minimum absolute atomic E-state index is 0.156. The van der Waals surface area contributed by atoms with Crippen molar-refractivity contribution in [1.29, 1.82) is 0 Å². The first-order valence-corrected chi connectivity index (χ1v) is 4.90. The van der Waals surface area contributed by atoms with E-state index >= 15 is 0 Å². The van der Waals surface area contributed by atoms with Gasteiger partial charge in [0.1, 0.15) is 11.9 Å². The molecule has 2 nitrogen and oxygen atoms in total. The summed E-state index contributed by atoms with van der Waals surface area (Å²) in [5.41, 5.74) is -0.815. The summed E-state index contributed by atoms with van der Waals surface area (Å²) >= 11 is 10.2. The minimum Gasteiger partial charge on any atom is -0.344 e. The molecule has 0 bridgehead atoms. The summed E-state index contributed by atoms with van der Waals surface area (Å²) in [6, 6.07) is 3.24. The van der Waals surface area contributed by atoms with Gasteiger partial charge in [-0.25, -0.2) is 4.79 Å². The van der Waals surface area contributed by atoms with Crippen LogP contribution in [0.2, 0.25) is 5.02 Å². The maximum Gasteiger partial charge on any atom is 0.417 e. The van der Waals surface area contributed by atoms with Crippen LogP contribution in [0.4, 0.5) is 13.2 Å². The van der Waals surface area contributed by atoms with Gasteiger partial charge in [-0.1, -0.05) is 17.7 Å². The molecule has 0 unspecified atom stereocenters. The molecule has 0 heterocycles. The number of benzene rings is 1. The molecule has 7 heteroatoms. The smallest absolute Gasteiger partial charge is 0.344 e. The predicted octanol–water partition coefficient (Wildman–Crippen LogP) is 4.07. The van der Waals surface area contributed by atoms with Crippen molar-refractivity contribution >= 4 is 35.5 Å². The SMILES string of the molecule is O=C(/C=C/c1ccc(Cl)c(C(F)(F)F)c1)OCl. The lowest BCUT2D eigenvalue weighted by Crippen LogP contribution is -2.05. The van der Waals surface area contributed by atoms with E-state index < -0.39 is 22.7 Å². The van der Waals surface area contributed by atoms with Crippen molar-refractivity contribution in [3.05, 3.63) is 40.4 Å². The number of rotatable bonds is 2.